The van der Waals surface area contributed by atoms with Crippen molar-refractivity contribution in [2.45, 2.75) is 80.5 Å². The number of nitrogens with one attached hydrogen (secondary N) is 2. The molecular formula is C41H45F5N10O19P2. The van der Waals surface area contributed by atoms with E-state index in [4.69, 9.17) is 44.2 Å². The number of fused-ring (bicyclic) bond motifs is 1. The van der Waals surface area contributed by atoms with Gasteiger partial charge in [0.25, 0.3) is 0 Å². The van der Waals surface area contributed by atoms with Crippen molar-refractivity contribution in [2.75, 3.05) is 43.2 Å². The standard InChI is InChI=1S/C41H45F5N10O19P2/c42-21-5-1-19(2-6-21)11-28(57)52-22-7-3-20(4-8-22)12-69-40(62)53-23(13-68-16-26(43)41(44,45)46)38(60)74-32-24(72-37(30(32)58)56-18-51-29-34(48)49-17-50-35(29)56)15-71-77(66,67)75-33-25(14-70-76(63,64)65)73-36(31(33)59)55-10-9-27(47)54-39(55)61/h1-10,17-18,23-26,30-33,36-37,58-59H,11-16H2,(H,52,57)(H,53,62)(H,66,67)(H2,47,54,61)(H2,48,49,50)(H2,63,64,65)/t23-,24+,25+,26?,30+,31+,32+,33+,36+,37+/m0/s1. The third-order valence-electron chi connectivity index (χ3n) is 11.1. The third kappa shape index (κ3) is 15.3. The molecule has 11 N–H and O–H groups in total. The molecule has 2 aliphatic rings. The number of phosphoric ester groups is 2. The van der Waals surface area contributed by atoms with Crippen molar-refractivity contribution in [2.24, 2.45) is 0 Å². The number of halogens is 5. The van der Waals surface area contributed by atoms with Gasteiger partial charge in [-0.15, -0.1) is 0 Å². The maximum absolute atomic E-state index is 13.9. The molecule has 29 nitrogen and oxygen atoms in total. The normalized spacial score (nSPS) is 23.2. The Bertz CT molecular complexity index is 3050. The number of carbonyl (C=O) groups is 3. The Morgan fingerprint density at radius 3 is 2.14 bits per heavy atom. The summed E-state index contributed by atoms with van der Waals surface area (Å²) < 4.78 is 135. The van der Waals surface area contributed by atoms with E-state index in [1.54, 1.807) is 0 Å². The first kappa shape index (κ1) is 58.0. The van der Waals surface area contributed by atoms with Crippen LogP contribution in [0.1, 0.15) is 23.6 Å². The Hall–Kier alpha value is -6.65. The van der Waals surface area contributed by atoms with E-state index >= 15 is 0 Å². The molecule has 2 aliphatic heterocycles. The van der Waals surface area contributed by atoms with Crippen molar-refractivity contribution >= 4 is 62.1 Å². The minimum Gasteiger partial charge on any atom is -0.455 e. The fourth-order valence-corrected chi connectivity index (χ4v) is 8.73. The number of phosphoric acid groups is 2. The maximum atomic E-state index is 13.9. The van der Waals surface area contributed by atoms with Gasteiger partial charge in [-0.2, -0.15) is 18.2 Å². The van der Waals surface area contributed by atoms with Crippen LogP contribution in [-0.2, 0) is 69.0 Å². The molecule has 0 bridgehead atoms. The highest BCUT2D eigenvalue weighted by Crippen LogP contribution is 2.50. The van der Waals surface area contributed by atoms with Crippen LogP contribution in [0.5, 0.6) is 0 Å². The fraction of sp³-hybridized carbons (Fsp3) is 0.415. The second-order valence-electron chi connectivity index (χ2n) is 16.6. The number of esters is 1. The van der Waals surface area contributed by atoms with Gasteiger partial charge in [0.1, 0.15) is 60.6 Å². The summed E-state index contributed by atoms with van der Waals surface area (Å²) >= 11 is 0. The van der Waals surface area contributed by atoms with Crippen molar-refractivity contribution in [3.63, 3.8) is 0 Å². The molecule has 3 aromatic heterocycles. The fourth-order valence-electron chi connectivity index (χ4n) is 7.42. The van der Waals surface area contributed by atoms with Crippen LogP contribution in [-0.4, -0.2) is 153 Å². The average Bonchev–Trinajstić information content (AvgIpc) is 4.05. The first-order valence-electron chi connectivity index (χ1n) is 22.1. The van der Waals surface area contributed by atoms with Gasteiger partial charge in [0.15, 0.2) is 36.1 Å². The van der Waals surface area contributed by atoms with Crippen LogP contribution in [0.15, 0.2) is 78.2 Å². The first-order valence-corrected chi connectivity index (χ1v) is 25.1. The molecule has 0 radical (unpaired) electrons. The van der Waals surface area contributed by atoms with Crippen molar-refractivity contribution in [3.8, 4) is 0 Å². The van der Waals surface area contributed by atoms with Gasteiger partial charge >= 0.3 is 39.6 Å². The summed E-state index contributed by atoms with van der Waals surface area (Å²) in [7, 11) is -10.9. The van der Waals surface area contributed by atoms with Crippen LogP contribution in [0, 0.1) is 5.82 Å². The van der Waals surface area contributed by atoms with Gasteiger partial charge in [-0.05, 0) is 41.5 Å². The molecular weight excluding hydrogens is 1090 g/mol. The minimum absolute atomic E-state index is 0.0269. The molecule has 36 heteroatoms. The van der Waals surface area contributed by atoms with E-state index in [9.17, 15) is 75.2 Å². The number of alkyl halides is 4. The van der Waals surface area contributed by atoms with Crippen molar-refractivity contribution in [1.29, 1.82) is 0 Å². The number of hydrogen-bond acceptors (Lipinski definition) is 22. The Morgan fingerprint density at radius 2 is 1.48 bits per heavy atom. The second kappa shape index (κ2) is 24.3. The van der Waals surface area contributed by atoms with Gasteiger partial charge in [0.2, 0.25) is 12.1 Å². The molecule has 0 aliphatic carbocycles. The third-order valence-corrected chi connectivity index (χ3v) is 12.6. The number of hydrogen-bond donors (Lipinski definition) is 9. The number of nitrogens with zero attached hydrogens (tertiary/aromatic N) is 6. The number of aliphatic hydroxyl groups excluding tert-OH is 2. The molecule has 418 valence electrons. The molecule has 2 fully saturated rings. The summed E-state index contributed by atoms with van der Waals surface area (Å²) in [5, 5.41) is 27.5. The number of ether oxygens (including phenoxy) is 5. The highest BCUT2D eigenvalue weighted by Gasteiger charge is 2.52. The topological polar surface area (TPSA) is 415 Å². The molecule has 7 rings (SSSR count). The van der Waals surface area contributed by atoms with Gasteiger partial charge in [0.05, 0.1) is 39.2 Å². The lowest BCUT2D eigenvalue weighted by atomic mass is 10.1. The Morgan fingerprint density at radius 1 is 0.844 bits per heavy atom. The monoisotopic (exact) mass is 1140 g/mol. The van der Waals surface area contributed by atoms with E-state index in [1.165, 1.54) is 48.5 Å². The van der Waals surface area contributed by atoms with Crippen molar-refractivity contribution < 1.29 is 108 Å². The summed E-state index contributed by atoms with van der Waals surface area (Å²) in [5.41, 5.74) is 11.3. The zero-order valence-corrected chi connectivity index (χ0v) is 40.8. The lowest BCUT2D eigenvalue weighted by Crippen LogP contribution is -2.49. The number of carbonyl (C=O) groups excluding carboxylic acids is 3. The summed E-state index contributed by atoms with van der Waals surface area (Å²) in [6.45, 7) is -5.79. The van der Waals surface area contributed by atoms with Crippen LogP contribution < -0.4 is 27.8 Å². The number of anilines is 3. The largest absolute Gasteiger partial charge is 0.472 e. The van der Waals surface area contributed by atoms with Crippen LogP contribution in [0.4, 0.5) is 44.1 Å². The number of alkyl carbamates (subject to hydrolysis) is 1. The van der Waals surface area contributed by atoms with E-state index in [-0.39, 0.29) is 29.2 Å². The average molecular weight is 1140 g/mol. The van der Waals surface area contributed by atoms with Crippen LogP contribution in [0.25, 0.3) is 11.2 Å². The number of rotatable bonds is 22. The van der Waals surface area contributed by atoms with E-state index in [1.807, 2.05) is 5.32 Å². The summed E-state index contributed by atoms with van der Waals surface area (Å²) in [4.78, 5) is 97.2. The Kier molecular flexibility index (Phi) is 18.4. The zero-order valence-electron chi connectivity index (χ0n) is 39.0. The Labute approximate surface area is 428 Å². The number of aromatic nitrogens is 6. The summed E-state index contributed by atoms with van der Waals surface area (Å²) in [5.74, 6) is -2.95. The van der Waals surface area contributed by atoms with E-state index in [2.05, 4.69) is 29.8 Å². The van der Waals surface area contributed by atoms with Crippen LogP contribution >= 0.6 is 15.6 Å². The number of amides is 2. The van der Waals surface area contributed by atoms with Gasteiger partial charge in [-0.25, -0.2) is 47.2 Å². The highest BCUT2D eigenvalue weighted by atomic mass is 31.2. The van der Waals surface area contributed by atoms with Crippen molar-refractivity contribution in [3.05, 3.63) is 101 Å². The molecule has 0 spiro atoms. The molecule has 2 unspecified atom stereocenters. The molecule has 11 atom stereocenters. The van der Waals surface area contributed by atoms with E-state index in [0.717, 1.165) is 29.5 Å². The predicted octanol–water partition coefficient (Wildman–Crippen LogP) is 0.820. The Balaban J connectivity index is 1.07. The maximum Gasteiger partial charge on any atom is 0.472 e. The highest BCUT2D eigenvalue weighted by molar-refractivity contribution is 7.47. The lowest BCUT2D eigenvalue weighted by molar-refractivity contribution is -0.194. The predicted molar refractivity (Wildman–Crippen MR) is 245 cm³/mol. The quantitative estimate of drug-likeness (QED) is 0.0263. The second-order valence-corrected chi connectivity index (χ2v) is 19.3. The zero-order chi connectivity index (χ0) is 56.0. The number of imidazole rings is 1. The van der Waals surface area contributed by atoms with E-state index in [0.29, 0.717) is 21.4 Å². The van der Waals surface area contributed by atoms with Crippen molar-refractivity contribution in [1.82, 2.24) is 34.4 Å². The molecule has 2 amide bonds. The molecule has 0 saturated carbocycles. The molecule has 2 saturated heterocycles. The molecule has 5 aromatic rings. The summed E-state index contributed by atoms with van der Waals surface area (Å²) in [6, 6.07) is 9.91. The SMILES string of the molecule is Nc1ccn([C@@H]2O[C@H](COP(=O)(O)O)[C@@H](OP(=O)(O)OC[C@H]3O[C@@H](n4cnc5c(N)ncnc54)[C@H](O)[C@@H]3OC(=O)[C@H](COCC(F)C(F)(F)F)NC(=O)OCc3ccc(NC(=O)Cc4ccc(F)cc4)cc3)[C@H]2O)c(=O)n1. The first-order chi connectivity index (χ1) is 36.2. The smallest absolute Gasteiger partial charge is 0.455 e. The van der Waals surface area contributed by atoms with Crippen LogP contribution in [0.2, 0.25) is 0 Å². The van der Waals surface area contributed by atoms with Gasteiger partial charge in [0, 0.05) is 11.9 Å². The number of aliphatic hydroxyl groups is 2. The number of nitrogens with two attached hydrogens (primary N) is 2. The summed E-state index contributed by atoms with van der Waals surface area (Å²) in [6.07, 6.45) is -23.1. The van der Waals surface area contributed by atoms with Gasteiger partial charge in [-0.3, -0.25) is 27.5 Å². The number of benzene rings is 2. The molecule has 77 heavy (non-hydrogen) atoms. The lowest BCUT2D eigenvalue weighted by Gasteiger charge is -2.26. The van der Waals surface area contributed by atoms with E-state index < -0.39 is 146 Å². The molecule has 5 heterocycles. The van der Waals surface area contributed by atoms with Crippen LogP contribution in [0.3, 0.4) is 0 Å². The molecule has 2 aromatic carbocycles. The number of nitrogen functional groups attached to an aromatic ring is 2. The van der Waals surface area contributed by atoms with Gasteiger partial charge < -0.3 is 70.7 Å². The minimum atomic E-state index is -5.63. The van der Waals surface area contributed by atoms with Gasteiger partial charge in [-0.1, -0.05) is 24.3 Å².